The van der Waals surface area contributed by atoms with Crippen molar-refractivity contribution in [3.8, 4) is 5.75 Å². The molecule has 0 aromatic heterocycles. The van der Waals surface area contributed by atoms with Crippen LogP contribution in [0.15, 0.2) is 36.4 Å². The van der Waals surface area contributed by atoms with Gasteiger partial charge < -0.3 is 10.1 Å². The van der Waals surface area contributed by atoms with Crippen LogP contribution in [-0.4, -0.2) is 18.6 Å². The van der Waals surface area contributed by atoms with Crippen molar-refractivity contribution in [2.45, 2.75) is 18.9 Å². The van der Waals surface area contributed by atoms with Crippen LogP contribution in [-0.2, 0) is 4.79 Å². The van der Waals surface area contributed by atoms with Crippen molar-refractivity contribution < 1.29 is 9.53 Å². The number of benzene rings is 1. The van der Waals surface area contributed by atoms with Crippen molar-refractivity contribution in [3.05, 3.63) is 41.4 Å². The SMILES string of the molecule is O=C(COc1ccc(Cl)cc1)NC1C=CCC1. The minimum atomic E-state index is -0.100. The molecular formula is C13H14ClNO2. The number of hydrogen-bond donors (Lipinski definition) is 1. The van der Waals surface area contributed by atoms with Crippen LogP contribution in [0.5, 0.6) is 5.75 Å². The van der Waals surface area contributed by atoms with Crippen LogP contribution in [0.25, 0.3) is 0 Å². The summed E-state index contributed by atoms with van der Waals surface area (Å²) < 4.78 is 5.34. The van der Waals surface area contributed by atoms with Gasteiger partial charge in [-0.3, -0.25) is 4.79 Å². The van der Waals surface area contributed by atoms with E-state index < -0.39 is 0 Å². The number of amides is 1. The molecule has 4 heteroatoms. The maximum absolute atomic E-state index is 11.5. The number of hydrogen-bond acceptors (Lipinski definition) is 2. The fraction of sp³-hybridized carbons (Fsp3) is 0.308. The van der Waals surface area contributed by atoms with Gasteiger partial charge in [-0.1, -0.05) is 23.8 Å². The van der Waals surface area contributed by atoms with Crippen LogP contribution in [0.1, 0.15) is 12.8 Å². The minimum Gasteiger partial charge on any atom is -0.484 e. The highest BCUT2D eigenvalue weighted by molar-refractivity contribution is 6.30. The standard InChI is InChI=1S/C13H14ClNO2/c14-10-5-7-12(8-6-10)17-9-13(16)15-11-3-1-2-4-11/h1,3,5-8,11H,2,4,9H2,(H,15,16). The lowest BCUT2D eigenvalue weighted by molar-refractivity contribution is -0.123. The first kappa shape index (κ1) is 12.0. The van der Waals surface area contributed by atoms with E-state index in [1.165, 1.54) is 0 Å². The van der Waals surface area contributed by atoms with Gasteiger partial charge in [-0.05, 0) is 37.1 Å². The summed E-state index contributed by atoms with van der Waals surface area (Å²) in [6, 6.07) is 7.11. The quantitative estimate of drug-likeness (QED) is 0.836. The van der Waals surface area contributed by atoms with Crippen molar-refractivity contribution in [2.75, 3.05) is 6.61 Å². The molecule has 0 heterocycles. The molecule has 0 aliphatic heterocycles. The van der Waals surface area contributed by atoms with Gasteiger partial charge in [0.05, 0.1) is 0 Å². The summed E-state index contributed by atoms with van der Waals surface area (Å²) in [5.74, 6) is 0.544. The zero-order valence-corrected chi connectivity index (χ0v) is 10.1. The van der Waals surface area contributed by atoms with E-state index in [2.05, 4.69) is 11.4 Å². The molecule has 0 spiro atoms. The Hall–Kier alpha value is -1.48. The molecule has 0 fully saturated rings. The predicted octanol–water partition coefficient (Wildman–Crippen LogP) is 2.55. The summed E-state index contributed by atoms with van der Waals surface area (Å²) >= 11 is 5.75. The number of carbonyl (C=O) groups is 1. The summed E-state index contributed by atoms with van der Waals surface area (Å²) in [5.41, 5.74) is 0. The van der Waals surface area contributed by atoms with E-state index in [1.54, 1.807) is 24.3 Å². The van der Waals surface area contributed by atoms with Crippen LogP contribution < -0.4 is 10.1 Å². The second kappa shape index (κ2) is 5.73. The Morgan fingerprint density at radius 2 is 2.18 bits per heavy atom. The van der Waals surface area contributed by atoms with E-state index in [-0.39, 0.29) is 18.6 Å². The molecule has 1 aromatic carbocycles. The number of allylic oxidation sites excluding steroid dienone is 1. The molecule has 17 heavy (non-hydrogen) atoms. The van der Waals surface area contributed by atoms with E-state index in [1.807, 2.05) is 6.08 Å². The fourth-order valence-corrected chi connectivity index (χ4v) is 1.81. The first-order valence-electron chi connectivity index (χ1n) is 5.58. The normalized spacial score (nSPS) is 18.1. The Bertz CT molecular complexity index is 414. The number of carbonyl (C=O) groups excluding carboxylic acids is 1. The van der Waals surface area contributed by atoms with Crippen LogP contribution in [0, 0.1) is 0 Å². The maximum atomic E-state index is 11.5. The molecule has 1 amide bonds. The van der Waals surface area contributed by atoms with Gasteiger partial charge in [0.1, 0.15) is 5.75 Å². The highest BCUT2D eigenvalue weighted by Gasteiger charge is 2.12. The molecular weight excluding hydrogens is 238 g/mol. The third-order valence-electron chi connectivity index (χ3n) is 2.54. The van der Waals surface area contributed by atoms with Crippen LogP contribution in [0.4, 0.5) is 0 Å². The highest BCUT2D eigenvalue weighted by Crippen LogP contribution is 2.15. The molecule has 1 aromatic rings. The topological polar surface area (TPSA) is 38.3 Å². The smallest absolute Gasteiger partial charge is 0.258 e. The average molecular weight is 252 g/mol. The van der Waals surface area contributed by atoms with E-state index >= 15 is 0 Å². The van der Waals surface area contributed by atoms with Gasteiger partial charge in [0, 0.05) is 11.1 Å². The molecule has 1 unspecified atom stereocenters. The molecule has 2 rings (SSSR count). The Morgan fingerprint density at radius 1 is 1.41 bits per heavy atom. The van der Waals surface area contributed by atoms with Crippen molar-refractivity contribution in [1.29, 1.82) is 0 Å². The molecule has 0 saturated heterocycles. The van der Waals surface area contributed by atoms with Crippen LogP contribution >= 0.6 is 11.6 Å². The van der Waals surface area contributed by atoms with E-state index in [4.69, 9.17) is 16.3 Å². The molecule has 0 radical (unpaired) electrons. The van der Waals surface area contributed by atoms with E-state index in [0.29, 0.717) is 10.8 Å². The Morgan fingerprint density at radius 3 is 2.82 bits per heavy atom. The lowest BCUT2D eigenvalue weighted by Gasteiger charge is -2.11. The zero-order chi connectivity index (χ0) is 12.1. The Labute approximate surface area is 105 Å². The average Bonchev–Trinajstić information content (AvgIpc) is 2.81. The van der Waals surface area contributed by atoms with Gasteiger partial charge in [-0.15, -0.1) is 0 Å². The molecule has 0 saturated carbocycles. The first-order valence-corrected chi connectivity index (χ1v) is 5.96. The van der Waals surface area contributed by atoms with Crippen molar-refractivity contribution in [3.63, 3.8) is 0 Å². The Kier molecular flexibility index (Phi) is 4.04. The van der Waals surface area contributed by atoms with Gasteiger partial charge in [0.15, 0.2) is 6.61 Å². The van der Waals surface area contributed by atoms with E-state index in [0.717, 1.165) is 12.8 Å². The zero-order valence-electron chi connectivity index (χ0n) is 9.36. The number of ether oxygens (including phenoxy) is 1. The molecule has 1 N–H and O–H groups in total. The van der Waals surface area contributed by atoms with Gasteiger partial charge in [-0.2, -0.15) is 0 Å². The summed E-state index contributed by atoms with van der Waals surface area (Å²) in [7, 11) is 0. The summed E-state index contributed by atoms with van der Waals surface area (Å²) in [6.45, 7) is 0.0337. The summed E-state index contributed by atoms with van der Waals surface area (Å²) in [4.78, 5) is 11.5. The highest BCUT2D eigenvalue weighted by atomic mass is 35.5. The number of nitrogens with one attached hydrogen (secondary N) is 1. The molecule has 3 nitrogen and oxygen atoms in total. The largest absolute Gasteiger partial charge is 0.484 e. The molecule has 1 aliphatic rings. The minimum absolute atomic E-state index is 0.0337. The fourth-order valence-electron chi connectivity index (χ4n) is 1.68. The molecule has 0 bridgehead atoms. The second-order valence-corrected chi connectivity index (χ2v) is 4.36. The first-order chi connectivity index (χ1) is 8.24. The van der Waals surface area contributed by atoms with E-state index in [9.17, 15) is 4.79 Å². The molecule has 90 valence electrons. The number of rotatable bonds is 4. The van der Waals surface area contributed by atoms with Crippen LogP contribution in [0.3, 0.4) is 0 Å². The molecule has 1 atom stereocenters. The van der Waals surface area contributed by atoms with Gasteiger partial charge >= 0.3 is 0 Å². The van der Waals surface area contributed by atoms with Crippen molar-refractivity contribution in [2.24, 2.45) is 0 Å². The van der Waals surface area contributed by atoms with Gasteiger partial charge in [0.2, 0.25) is 0 Å². The second-order valence-electron chi connectivity index (χ2n) is 3.92. The monoisotopic (exact) mass is 251 g/mol. The third-order valence-corrected chi connectivity index (χ3v) is 2.79. The summed E-state index contributed by atoms with van der Waals surface area (Å²) in [6.07, 6.45) is 6.10. The lowest BCUT2D eigenvalue weighted by Crippen LogP contribution is -2.35. The molecule has 1 aliphatic carbocycles. The predicted molar refractivity (Wildman–Crippen MR) is 67.3 cm³/mol. The Balaban J connectivity index is 1.75. The lowest BCUT2D eigenvalue weighted by atomic mass is 10.2. The van der Waals surface area contributed by atoms with Crippen molar-refractivity contribution >= 4 is 17.5 Å². The summed E-state index contributed by atoms with van der Waals surface area (Å²) in [5, 5.41) is 3.53. The number of halogens is 1. The third kappa shape index (κ3) is 3.79. The van der Waals surface area contributed by atoms with Crippen molar-refractivity contribution in [1.82, 2.24) is 5.32 Å². The van der Waals surface area contributed by atoms with Gasteiger partial charge in [-0.25, -0.2) is 0 Å². The van der Waals surface area contributed by atoms with Gasteiger partial charge in [0.25, 0.3) is 5.91 Å². The van der Waals surface area contributed by atoms with Crippen LogP contribution in [0.2, 0.25) is 5.02 Å². The maximum Gasteiger partial charge on any atom is 0.258 e.